The van der Waals surface area contributed by atoms with Gasteiger partial charge in [-0.3, -0.25) is 9.69 Å². The number of thioether (sulfide) groups is 1. The number of rotatable bonds is 6. The molecule has 0 bridgehead atoms. The molecule has 0 saturated carbocycles. The molecule has 0 spiro atoms. The monoisotopic (exact) mass is 370 g/mol. The standard InChI is InChI=1S/C20H22N2O3S/c1-4-24-17-10-6-15(7-11-17)21-20-22(19(23)14(3)26-20)16-8-12-18(13-9-16)25-5-2/h6-14H,4-5H2,1-3H3. The number of hydrogen-bond acceptors (Lipinski definition) is 5. The normalized spacial score (nSPS) is 18.4. The van der Waals surface area contributed by atoms with Crippen LogP contribution in [-0.2, 0) is 4.79 Å². The van der Waals surface area contributed by atoms with Crippen LogP contribution in [0.15, 0.2) is 53.5 Å². The maximum absolute atomic E-state index is 12.6. The van der Waals surface area contributed by atoms with Crippen molar-refractivity contribution in [1.82, 2.24) is 0 Å². The molecular weight excluding hydrogens is 348 g/mol. The lowest BCUT2D eigenvalue weighted by Gasteiger charge is -2.17. The molecule has 3 rings (SSSR count). The zero-order valence-corrected chi connectivity index (χ0v) is 16.0. The molecule has 0 aliphatic carbocycles. The molecule has 1 aliphatic rings. The number of carbonyl (C=O) groups is 1. The van der Waals surface area contributed by atoms with Gasteiger partial charge < -0.3 is 9.47 Å². The Morgan fingerprint density at radius 3 is 2.04 bits per heavy atom. The maximum Gasteiger partial charge on any atom is 0.246 e. The first kappa shape index (κ1) is 18.3. The molecule has 1 unspecified atom stereocenters. The molecule has 6 heteroatoms. The summed E-state index contributed by atoms with van der Waals surface area (Å²) in [5, 5.41) is 0.513. The van der Waals surface area contributed by atoms with Crippen molar-refractivity contribution in [3.63, 3.8) is 0 Å². The Morgan fingerprint density at radius 1 is 0.962 bits per heavy atom. The summed E-state index contributed by atoms with van der Waals surface area (Å²) in [6, 6.07) is 15.1. The number of amides is 1. The van der Waals surface area contributed by atoms with Crippen molar-refractivity contribution in [2.45, 2.75) is 26.0 Å². The van der Waals surface area contributed by atoms with Crippen molar-refractivity contribution in [2.24, 2.45) is 4.99 Å². The van der Waals surface area contributed by atoms with Gasteiger partial charge in [0, 0.05) is 0 Å². The van der Waals surface area contributed by atoms with E-state index in [9.17, 15) is 4.79 Å². The molecule has 0 N–H and O–H groups in total. The number of hydrogen-bond donors (Lipinski definition) is 0. The summed E-state index contributed by atoms with van der Waals surface area (Å²) in [7, 11) is 0. The van der Waals surface area contributed by atoms with Gasteiger partial charge in [0.2, 0.25) is 5.91 Å². The van der Waals surface area contributed by atoms with Crippen LogP contribution in [0.25, 0.3) is 0 Å². The highest BCUT2D eigenvalue weighted by atomic mass is 32.2. The van der Waals surface area contributed by atoms with Crippen LogP contribution in [0.4, 0.5) is 11.4 Å². The summed E-state index contributed by atoms with van der Waals surface area (Å²) in [6.07, 6.45) is 0. The van der Waals surface area contributed by atoms with Gasteiger partial charge in [-0.25, -0.2) is 4.99 Å². The molecule has 5 nitrogen and oxygen atoms in total. The second-order valence-electron chi connectivity index (χ2n) is 5.68. The minimum Gasteiger partial charge on any atom is -0.494 e. The smallest absolute Gasteiger partial charge is 0.246 e. The second kappa shape index (κ2) is 8.27. The van der Waals surface area contributed by atoms with Crippen molar-refractivity contribution in [2.75, 3.05) is 18.1 Å². The SMILES string of the molecule is CCOc1ccc(N=C2SC(C)C(=O)N2c2ccc(OCC)cc2)cc1. The number of carbonyl (C=O) groups excluding carboxylic acids is 1. The fourth-order valence-corrected chi connectivity index (χ4v) is 3.58. The zero-order chi connectivity index (χ0) is 18.5. The lowest BCUT2D eigenvalue weighted by Crippen LogP contribution is -2.31. The fourth-order valence-electron chi connectivity index (χ4n) is 2.60. The van der Waals surface area contributed by atoms with Gasteiger partial charge in [0.25, 0.3) is 0 Å². The quantitative estimate of drug-likeness (QED) is 0.743. The molecule has 1 fully saturated rings. The van der Waals surface area contributed by atoms with Gasteiger partial charge in [-0.05, 0) is 69.3 Å². The summed E-state index contributed by atoms with van der Waals surface area (Å²) < 4.78 is 10.9. The number of anilines is 1. The molecule has 26 heavy (non-hydrogen) atoms. The molecule has 0 radical (unpaired) electrons. The Bertz CT molecular complexity index is 788. The number of nitrogens with zero attached hydrogens (tertiary/aromatic N) is 2. The Balaban J connectivity index is 1.87. The highest BCUT2D eigenvalue weighted by molar-refractivity contribution is 8.16. The van der Waals surface area contributed by atoms with Crippen LogP contribution in [0.1, 0.15) is 20.8 Å². The number of benzene rings is 2. The van der Waals surface area contributed by atoms with Crippen molar-refractivity contribution >= 4 is 34.2 Å². The Kier molecular flexibility index (Phi) is 5.83. The van der Waals surface area contributed by atoms with Crippen LogP contribution in [0, 0.1) is 0 Å². The molecule has 2 aromatic rings. The van der Waals surface area contributed by atoms with E-state index in [4.69, 9.17) is 9.47 Å². The van der Waals surface area contributed by atoms with Crippen molar-refractivity contribution in [1.29, 1.82) is 0 Å². The number of amidine groups is 1. The van der Waals surface area contributed by atoms with Gasteiger partial charge in [0.05, 0.1) is 29.8 Å². The third-order valence-electron chi connectivity index (χ3n) is 3.82. The molecular formula is C20H22N2O3S. The van der Waals surface area contributed by atoms with Crippen LogP contribution in [-0.4, -0.2) is 29.5 Å². The van der Waals surface area contributed by atoms with E-state index in [0.29, 0.717) is 18.4 Å². The lowest BCUT2D eigenvalue weighted by atomic mass is 10.2. The fraction of sp³-hybridized carbons (Fsp3) is 0.300. The van der Waals surface area contributed by atoms with E-state index in [1.165, 1.54) is 11.8 Å². The zero-order valence-electron chi connectivity index (χ0n) is 15.1. The average molecular weight is 370 g/mol. The summed E-state index contributed by atoms with van der Waals surface area (Å²) in [5.74, 6) is 1.63. The van der Waals surface area contributed by atoms with E-state index in [0.717, 1.165) is 22.9 Å². The number of aliphatic imine (C=N–C) groups is 1. The first-order chi connectivity index (χ1) is 12.6. The largest absolute Gasteiger partial charge is 0.494 e. The first-order valence-corrected chi connectivity index (χ1v) is 9.55. The van der Waals surface area contributed by atoms with Crippen LogP contribution in [0.5, 0.6) is 11.5 Å². The molecule has 1 aliphatic heterocycles. The minimum absolute atomic E-state index is 0.0313. The van der Waals surface area contributed by atoms with E-state index in [1.807, 2.05) is 69.3 Å². The predicted molar refractivity (Wildman–Crippen MR) is 107 cm³/mol. The third kappa shape index (κ3) is 4.02. The summed E-state index contributed by atoms with van der Waals surface area (Å²) in [6.45, 7) is 7.03. The van der Waals surface area contributed by atoms with Crippen LogP contribution in [0.3, 0.4) is 0 Å². The first-order valence-electron chi connectivity index (χ1n) is 8.67. The molecule has 1 saturated heterocycles. The van der Waals surface area contributed by atoms with E-state index >= 15 is 0 Å². The van der Waals surface area contributed by atoms with Gasteiger partial charge in [0.1, 0.15) is 11.5 Å². The van der Waals surface area contributed by atoms with Crippen molar-refractivity contribution in [3.05, 3.63) is 48.5 Å². The second-order valence-corrected chi connectivity index (χ2v) is 6.99. The Hall–Kier alpha value is -2.47. The minimum atomic E-state index is -0.164. The van der Waals surface area contributed by atoms with Crippen LogP contribution < -0.4 is 14.4 Å². The molecule has 1 amide bonds. The maximum atomic E-state index is 12.6. The van der Waals surface area contributed by atoms with Gasteiger partial charge in [-0.2, -0.15) is 0 Å². The van der Waals surface area contributed by atoms with E-state index < -0.39 is 0 Å². The van der Waals surface area contributed by atoms with Gasteiger partial charge in [-0.1, -0.05) is 11.8 Å². The topological polar surface area (TPSA) is 51.1 Å². The summed E-state index contributed by atoms with van der Waals surface area (Å²) >= 11 is 1.46. The highest BCUT2D eigenvalue weighted by Gasteiger charge is 2.36. The van der Waals surface area contributed by atoms with Crippen LogP contribution >= 0.6 is 11.8 Å². The number of ether oxygens (including phenoxy) is 2. The van der Waals surface area contributed by atoms with Gasteiger partial charge in [0.15, 0.2) is 5.17 Å². The molecule has 1 heterocycles. The average Bonchev–Trinajstić information content (AvgIpc) is 2.92. The summed E-state index contributed by atoms with van der Waals surface area (Å²) in [5.41, 5.74) is 1.58. The van der Waals surface area contributed by atoms with Crippen molar-refractivity contribution < 1.29 is 14.3 Å². The molecule has 2 aromatic carbocycles. The summed E-state index contributed by atoms with van der Waals surface area (Å²) in [4.78, 5) is 19.0. The Morgan fingerprint density at radius 2 is 1.50 bits per heavy atom. The lowest BCUT2D eigenvalue weighted by molar-refractivity contribution is -0.116. The Labute approximate surface area is 158 Å². The van der Waals surface area contributed by atoms with E-state index in [-0.39, 0.29) is 11.2 Å². The highest BCUT2D eigenvalue weighted by Crippen LogP contribution is 2.34. The van der Waals surface area contributed by atoms with E-state index in [1.54, 1.807) is 4.90 Å². The molecule has 136 valence electrons. The van der Waals surface area contributed by atoms with Crippen molar-refractivity contribution in [3.8, 4) is 11.5 Å². The van der Waals surface area contributed by atoms with Gasteiger partial charge in [-0.15, -0.1) is 0 Å². The third-order valence-corrected chi connectivity index (χ3v) is 4.86. The van der Waals surface area contributed by atoms with E-state index in [2.05, 4.69) is 4.99 Å². The predicted octanol–water partition coefficient (Wildman–Crippen LogP) is 4.64. The molecule has 1 atom stereocenters. The van der Waals surface area contributed by atoms with Crippen LogP contribution in [0.2, 0.25) is 0 Å². The molecule has 0 aromatic heterocycles. The van der Waals surface area contributed by atoms with Gasteiger partial charge >= 0.3 is 0 Å².